The summed E-state index contributed by atoms with van der Waals surface area (Å²) in [5, 5.41) is 0. The minimum Gasteiger partial charge on any atom is -0.429 e. The van der Waals surface area contributed by atoms with Crippen molar-refractivity contribution in [2.75, 3.05) is 19.6 Å². The van der Waals surface area contributed by atoms with Gasteiger partial charge in [0.25, 0.3) is 0 Å². The molecule has 5 heteroatoms. The molecule has 2 N–H and O–H groups in total. The number of hydrogen-bond acceptors (Lipinski definition) is 5. The maximum absolute atomic E-state index is 11.8. The van der Waals surface area contributed by atoms with Crippen LogP contribution in [0, 0.1) is 5.92 Å². The SMILES string of the molecule is NC1C=CC(OC(=O)O[C@H]2CN3CCC2CC3)=CC1. The number of allylic oxidation sites excluding steroid dienone is 1. The molecule has 1 unspecified atom stereocenters. The number of nitrogens with two attached hydrogens (primary N) is 1. The zero-order chi connectivity index (χ0) is 13.2. The lowest BCUT2D eigenvalue weighted by Gasteiger charge is -2.43. The highest BCUT2D eigenvalue weighted by molar-refractivity contribution is 5.62. The molecule has 4 aliphatic rings. The second-order valence-electron chi connectivity index (χ2n) is 5.51. The molecule has 104 valence electrons. The van der Waals surface area contributed by atoms with Gasteiger partial charge >= 0.3 is 6.16 Å². The molecular weight excluding hydrogens is 244 g/mol. The van der Waals surface area contributed by atoms with Crippen LogP contribution in [0.3, 0.4) is 0 Å². The first-order chi connectivity index (χ1) is 9.20. The van der Waals surface area contributed by atoms with E-state index in [1.807, 2.05) is 12.2 Å². The molecule has 3 aliphatic heterocycles. The van der Waals surface area contributed by atoms with Gasteiger partial charge in [0.2, 0.25) is 0 Å². The maximum atomic E-state index is 11.8. The number of carbonyl (C=O) groups excluding carboxylic acids is 1. The Morgan fingerprint density at radius 1 is 1.37 bits per heavy atom. The molecule has 2 bridgehead atoms. The number of ether oxygens (including phenoxy) is 2. The van der Waals surface area contributed by atoms with Gasteiger partial charge in [-0.05, 0) is 50.4 Å². The van der Waals surface area contributed by atoms with E-state index in [1.54, 1.807) is 6.08 Å². The molecule has 0 amide bonds. The quantitative estimate of drug-likeness (QED) is 0.764. The lowest BCUT2D eigenvalue weighted by molar-refractivity contribution is -0.0517. The molecule has 2 atom stereocenters. The van der Waals surface area contributed by atoms with E-state index in [-0.39, 0.29) is 12.1 Å². The van der Waals surface area contributed by atoms with Crippen LogP contribution < -0.4 is 5.73 Å². The molecule has 5 nitrogen and oxygen atoms in total. The monoisotopic (exact) mass is 264 g/mol. The normalized spacial score (nSPS) is 36.8. The largest absolute Gasteiger partial charge is 0.514 e. The Morgan fingerprint density at radius 3 is 2.74 bits per heavy atom. The smallest absolute Gasteiger partial charge is 0.429 e. The Hall–Kier alpha value is -1.33. The summed E-state index contributed by atoms with van der Waals surface area (Å²) in [6.07, 6.45) is 7.71. The predicted octanol–water partition coefficient (Wildman–Crippen LogP) is 1.40. The van der Waals surface area contributed by atoms with Crippen LogP contribution in [-0.4, -0.2) is 42.8 Å². The van der Waals surface area contributed by atoms with Crippen molar-refractivity contribution >= 4 is 6.16 Å². The molecule has 3 heterocycles. The number of nitrogens with zero attached hydrogens (tertiary/aromatic N) is 1. The first-order valence-electron chi connectivity index (χ1n) is 6.95. The van der Waals surface area contributed by atoms with E-state index < -0.39 is 6.16 Å². The number of rotatable bonds is 2. The number of piperidine rings is 3. The highest BCUT2D eigenvalue weighted by Crippen LogP contribution is 2.29. The zero-order valence-electron chi connectivity index (χ0n) is 11.0. The topological polar surface area (TPSA) is 64.8 Å². The standard InChI is InChI=1S/C14H20N2O3/c15-11-1-3-12(4-2-11)18-14(17)19-13-9-16-7-5-10(13)6-8-16/h1,3-4,10-11,13H,2,5-9,15H2/t11?,13-/m0/s1. The van der Waals surface area contributed by atoms with Gasteiger partial charge in [-0.25, -0.2) is 4.79 Å². The van der Waals surface area contributed by atoms with E-state index in [2.05, 4.69) is 4.90 Å². The lowest BCUT2D eigenvalue weighted by atomic mass is 9.86. The van der Waals surface area contributed by atoms with Crippen LogP contribution in [0.4, 0.5) is 4.79 Å². The van der Waals surface area contributed by atoms with E-state index in [0.29, 0.717) is 18.1 Å². The Kier molecular flexibility index (Phi) is 3.57. The van der Waals surface area contributed by atoms with Gasteiger partial charge in [-0.2, -0.15) is 0 Å². The van der Waals surface area contributed by atoms with Crippen LogP contribution in [-0.2, 0) is 9.47 Å². The molecule has 0 aromatic rings. The molecule has 0 spiro atoms. The van der Waals surface area contributed by atoms with Crippen molar-refractivity contribution in [3.63, 3.8) is 0 Å². The third-order valence-electron chi connectivity index (χ3n) is 4.14. The van der Waals surface area contributed by atoms with E-state index in [1.165, 1.54) is 0 Å². The lowest BCUT2D eigenvalue weighted by Crippen LogP contribution is -2.51. The summed E-state index contributed by atoms with van der Waals surface area (Å²) in [4.78, 5) is 14.1. The Morgan fingerprint density at radius 2 is 2.16 bits per heavy atom. The van der Waals surface area contributed by atoms with Crippen LogP contribution in [0.25, 0.3) is 0 Å². The molecule has 19 heavy (non-hydrogen) atoms. The van der Waals surface area contributed by atoms with E-state index in [4.69, 9.17) is 15.2 Å². The Balaban J connectivity index is 1.50. The molecule has 3 saturated heterocycles. The molecule has 1 aliphatic carbocycles. The van der Waals surface area contributed by atoms with Gasteiger partial charge in [-0.1, -0.05) is 6.08 Å². The van der Waals surface area contributed by atoms with E-state index in [9.17, 15) is 4.79 Å². The van der Waals surface area contributed by atoms with Gasteiger partial charge in [0.1, 0.15) is 11.9 Å². The van der Waals surface area contributed by atoms with Crippen LogP contribution in [0.5, 0.6) is 0 Å². The first-order valence-corrected chi connectivity index (χ1v) is 6.95. The molecule has 0 saturated carbocycles. The predicted molar refractivity (Wildman–Crippen MR) is 70.3 cm³/mol. The third kappa shape index (κ3) is 2.98. The number of hydrogen-bond donors (Lipinski definition) is 1. The van der Waals surface area contributed by atoms with Gasteiger partial charge in [-0.15, -0.1) is 0 Å². The number of carbonyl (C=O) groups is 1. The van der Waals surface area contributed by atoms with Crippen LogP contribution in [0.1, 0.15) is 19.3 Å². The van der Waals surface area contributed by atoms with Crippen molar-refractivity contribution in [1.82, 2.24) is 4.90 Å². The molecule has 0 aromatic heterocycles. The summed E-state index contributed by atoms with van der Waals surface area (Å²) < 4.78 is 10.6. The van der Waals surface area contributed by atoms with E-state index >= 15 is 0 Å². The Labute approximate surface area is 113 Å². The van der Waals surface area contributed by atoms with Crippen LogP contribution in [0.15, 0.2) is 24.0 Å². The fraction of sp³-hybridized carbons (Fsp3) is 0.643. The maximum Gasteiger partial charge on any atom is 0.514 e. The summed E-state index contributed by atoms with van der Waals surface area (Å²) in [7, 11) is 0. The highest BCUT2D eigenvalue weighted by Gasteiger charge is 2.36. The molecule has 0 aromatic carbocycles. The Bertz CT molecular complexity index is 411. The average Bonchev–Trinajstić information content (AvgIpc) is 2.43. The zero-order valence-corrected chi connectivity index (χ0v) is 11.0. The fourth-order valence-corrected chi connectivity index (χ4v) is 2.98. The molecule has 4 rings (SSSR count). The van der Waals surface area contributed by atoms with Gasteiger partial charge in [0.05, 0.1) is 0 Å². The van der Waals surface area contributed by atoms with Crippen molar-refractivity contribution < 1.29 is 14.3 Å². The number of fused-ring (bicyclic) bond motifs is 3. The van der Waals surface area contributed by atoms with E-state index in [0.717, 1.165) is 32.5 Å². The molecule has 0 radical (unpaired) electrons. The van der Waals surface area contributed by atoms with Gasteiger partial charge < -0.3 is 15.2 Å². The van der Waals surface area contributed by atoms with Crippen molar-refractivity contribution in [3.8, 4) is 0 Å². The van der Waals surface area contributed by atoms with Crippen LogP contribution in [0.2, 0.25) is 0 Å². The minimum absolute atomic E-state index is 0.00886. The minimum atomic E-state index is -0.592. The van der Waals surface area contributed by atoms with Gasteiger partial charge in [0, 0.05) is 12.6 Å². The van der Waals surface area contributed by atoms with Gasteiger partial charge in [-0.3, -0.25) is 4.90 Å². The summed E-state index contributed by atoms with van der Waals surface area (Å²) in [5.41, 5.74) is 5.71. The molecular formula is C14H20N2O3. The summed E-state index contributed by atoms with van der Waals surface area (Å²) in [6, 6.07) is 0.0187. The summed E-state index contributed by atoms with van der Waals surface area (Å²) >= 11 is 0. The summed E-state index contributed by atoms with van der Waals surface area (Å²) in [6.45, 7) is 3.11. The second kappa shape index (κ2) is 5.35. The van der Waals surface area contributed by atoms with Gasteiger partial charge in [0.15, 0.2) is 0 Å². The van der Waals surface area contributed by atoms with Crippen LogP contribution >= 0.6 is 0 Å². The molecule has 3 fully saturated rings. The van der Waals surface area contributed by atoms with Crippen molar-refractivity contribution in [2.45, 2.75) is 31.4 Å². The first kappa shape index (κ1) is 12.7. The summed E-state index contributed by atoms with van der Waals surface area (Å²) in [5.74, 6) is 1.04. The fourth-order valence-electron chi connectivity index (χ4n) is 2.98. The van der Waals surface area contributed by atoms with Crippen molar-refractivity contribution in [2.24, 2.45) is 11.7 Å². The van der Waals surface area contributed by atoms with Crippen molar-refractivity contribution in [3.05, 3.63) is 24.0 Å². The average molecular weight is 264 g/mol. The third-order valence-corrected chi connectivity index (χ3v) is 4.14. The second-order valence-corrected chi connectivity index (χ2v) is 5.51. The highest BCUT2D eigenvalue weighted by atomic mass is 16.7. The van der Waals surface area contributed by atoms with Crippen molar-refractivity contribution in [1.29, 1.82) is 0 Å².